The summed E-state index contributed by atoms with van der Waals surface area (Å²) in [6.45, 7) is 3.15. The van der Waals surface area contributed by atoms with Crippen molar-refractivity contribution in [1.29, 1.82) is 0 Å². The van der Waals surface area contributed by atoms with Crippen molar-refractivity contribution < 1.29 is 9.53 Å². The van der Waals surface area contributed by atoms with E-state index < -0.39 is 0 Å². The van der Waals surface area contributed by atoms with Crippen molar-refractivity contribution in [1.82, 2.24) is 9.88 Å². The van der Waals surface area contributed by atoms with Gasteiger partial charge in [-0.25, -0.2) is 4.79 Å². The highest BCUT2D eigenvalue weighted by Crippen LogP contribution is 2.19. The largest absolute Gasteiger partial charge is 0.485 e. The number of aryl methyl sites for hydroxylation is 1. The molecule has 1 aliphatic heterocycles. The molecule has 2 aromatic rings. The standard InChI is InChI=1S/C16H17N3O2/c1-12-5-2-3-7-15(12)18-16(20)19-10-14(11-19)21-13-6-4-8-17-9-13/h2-9,14H,10-11H2,1H3,(H,18,20). The second kappa shape index (κ2) is 5.83. The number of aromatic nitrogens is 1. The molecule has 0 bridgehead atoms. The van der Waals surface area contributed by atoms with Crippen LogP contribution in [0, 0.1) is 6.92 Å². The maximum absolute atomic E-state index is 12.1. The number of anilines is 1. The minimum Gasteiger partial charge on any atom is -0.485 e. The van der Waals surface area contributed by atoms with E-state index in [0.29, 0.717) is 13.1 Å². The summed E-state index contributed by atoms with van der Waals surface area (Å²) in [5, 5.41) is 2.92. The van der Waals surface area contributed by atoms with E-state index in [-0.39, 0.29) is 12.1 Å². The van der Waals surface area contributed by atoms with Crippen LogP contribution >= 0.6 is 0 Å². The number of nitrogens with zero attached hydrogens (tertiary/aromatic N) is 2. The fourth-order valence-electron chi connectivity index (χ4n) is 2.20. The number of urea groups is 1. The van der Waals surface area contributed by atoms with Crippen molar-refractivity contribution >= 4 is 11.7 Å². The lowest BCUT2D eigenvalue weighted by Crippen LogP contribution is -2.57. The number of pyridine rings is 1. The highest BCUT2D eigenvalue weighted by atomic mass is 16.5. The smallest absolute Gasteiger partial charge is 0.322 e. The first-order chi connectivity index (χ1) is 10.2. The molecule has 1 aliphatic rings. The summed E-state index contributed by atoms with van der Waals surface area (Å²) >= 11 is 0. The summed E-state index contributed by atoms with van der Waals surface area (Å²) in [5.74, 6) is 0.737. The molecule has 5 nitrogen and oxygen atoms in total. The third-order valence-electron chi connectivity index (χ3n) is 3.46. The number of ether oxygens (including phenoxy) is 1. The van der Waals surface area contributed by atoms with Crippen LogP contribution in [0.5, 0.6) is 5.75 Å². The molecular weight excluding hydrogens is 266 g/mol. The number of para-hydroxylation sites is 1. The summed E-state index contributed by atoms with van der Waals surface area (Å²) in [6.07, 6.45) is 3.42. The summed E-state index contributed by atoms with van der Waals surface area (Å²) < 4.78 is 5.72. The lowest BCUT2D eigenvalue weighted by Gasteiger charge is -2.38. The van der Waals surface area contributed by atoms with Crippen molar-refractivity contribution in [3.63, 3.8) is 0 Å². The zero-order chi connectivity index (χ0) is 14.7. The van der Waals surface area contributed by atoms with Crippen LogP contribution in [0.4, 0.5) is 10.5 Å². The molecule has 0 radical (unpaired) electrons. The van der Waals surface area contributed by atoms with Gasteiger partial charge in [-0.15, -0.1) is 0 Å². The Kier molecular flexibility index (Phi) is 3.73. The summed E-state index contributed by atoms with van der Waals surface area (Å²) in [6, 6.07) is 11.3. The van der Waals surface area contributed by atoms with E-state index in [2.05, 4.69) is 10.3 Å². The second-order valence-corrected chi connectivity index (χ2v) is 5.08. The van der Waals surface area contributed by atoms with E-state index in [4.69, 9.17) is 4.74 Å². The predicted octanol–water partition coefficient (Wildman–Crippen LogP) is 2.69. The van der Waals surface area contributed by atoms with Gasteiger partial charge in [0, 0.05) is 11.9 Å². The van der Waals surface area contributed by atoms with Gasteiger partial charge in [-0.2, -0.15) is 0 Å². The van der Waals surface area contributed by atoms with Crippen LogP contribution in [0.15, 0.2) is 48.8 Å². The average Bonchev–Trinajstić information content (AvgIpc) is 2.46. The number of amides is 2. The predicted molar refractivity (Wildman–Crippen MR) is 80.4 cm³/mol. The molecule has 1 fully saturated rings. The number of benzene rings is 1. The number of nitrogens with one attached hydrogen (secondary N) is 1. The maximum Gasteiger partial charge on any atom is 0.322 e. The van der Waals surface area contributed by atoms with Gasteiger partial charge in [0.1, 0.15) is 11.9 Å². The van der Waals surface area contributed by atoms with E-state index in [1.165, 1.54) is 0 Å². The van der Waals surface area contributed by atoms with Gasteiger partial charge in [-0.05, 0) is 30.7 Å². The average molecular weight is 283 g/mol. The first-order valence-corrected chi connectivity index (χ1v) is 6.90. The van der Waals surface area contributed by atoms with Gasteiger partial charge in [-0.1, -0.05) is 18.2 Å². The molecule has 3 rings (SSSR count). The van der Waals surface area contributed by atoms with Crippen LogP contribution in [0.25, 0.3) is 0 Å². The van der Waals surface area contributed by atoms with Gasteiger partial charge >= 0.3 is 6.03 Å². The van der Waals surface area contributed by atoms with Gasteiger partial charge < -0.3 is 15.0 Å². The van der Waals surface area contributed by atoms with Crippen molar-refractivity contribution in [2.45, 2.75) is 13.0 Å². The zero-order valence-corrected chi connectivity index (χ0v) is 11.8. The van der Waals surface area contributed by atoms with E-state index in [1.54, 1.807) is 17.3 Å². The monoisotopic (exact) mass is 283 g/mol. The summed E-state index contributed by atoms with van der Waals surface area (Å²) in [5.41, 5.74) is 1.90. The molecule has 21 heavy (non-hydrogen) atoms. The molecule has 108 valence electrons. The van der Waals surface area contributed by atoms with Crippen LogP contribution in [0.2, 0.25) is 0 Å². The lowest BCUT2D eigenvalue weighted by molar-refractivity contribution is 0.0490. The molecule has 0 unspecified atom stereocenters. The molecular formula is C16H17N3O2. The highest BCUT2D eigenvalue weighted by molar-refractivity contribution is 5.90. The number of likely N-dealkylation sites (tertiary alicyclic amines) is 1. The Hall–Kier alpha value is -2.56. The molecule has 2 heterocycles. The minimum atomic E-state index is -0.0877. The Morgan fingerprint density at radius 2 is 2.10 bits per heavy atom. The third-order valence-corrected chi connectivity index (χ3v) is 3.46. The van der Waals surface area contributed by atoms with Crippen molar-refractivity contribution in [3.05, 3.63) is 54.4 Å². The first kappa shape index (κ1) is 13.4. The molecule has 1 N–H and O–H groups in total. The third kappa shape index (κ3) is 3.13. The Morgan fingerprint density at radius 3 is 2.81 bits per heavy atom. The van der Waals surface area contributed by atoms with Gasteiger partial charge in [0.05, 0.1) is 19.3 Å². The molecule has 0 spiro atoms. The van der Waals surface area contributed by atoms with E-state index in [0.717, 1.165) is 17.0 Å². The van der Waals surface area contributed by atoms with Crippen LogP contribution in [0.3, 0.4) is 0 Å². The fraction of sp³-hybridized carbons (Fsp3) is 0.250. The number of carbonyl (C=O) groups excluding carboxylic acids is 1. The van der Waals surface area contributed by atoms with Gasteiger partial charge in [0.25, 0.3) is 0 Å². The lowest BCUT2D eigenvalue weighted by atomic mass is 10.1. The summed E-state index contributed by atoms with van der Waals surface area (Å²) in [4.78, 5) is 17.8. The number of rotatable bonds is 3. The first-order valence-electron chi connectivity index (χ1n) is 6.90. The molecule has 5 heteroatoms. The van der Waals surface area contributed by atoms with Gasteiger partial charge in [0.2, 0.25) is 0 Å². The molecule has 1 aromatic carbocycles. The Balaban J connectivity index is 1.50. The summed E-state index contributed by atoms with van der Waals surface area (Å²) in [7, 11) is 0. The number of hydrogen-bond acceptors (Lipinski definition) is 3. The van der Waals surface area contributed by atoms with Crippen molar-refractivity contribution in [3.8, 4) is 5.75 Å². The topological polar surface area (TPSA) is 54.5 Å². The van der Waals surface area contributed by atoms with E-state index in [9.17, 15) is 4.79 Å². The van der Waals surface area contributed by atoms with Gasteiger partial charge in [-0.3, -0.25) is 4.98 Å². The fourth-order valence-corrected chi connectivity index (χ4v) is 2.20. The molecule has 1 saturated heterocycles. The zero-order valence-electron chi connectivity index (χ0n) is 11.8. The minimum absolute atomic E-state index is 0.0387. The van der Waals surface area contributed by atoms with Crippen LogP contribution in [-0.4, -0.2) is 35.1 Å². The Morgan fingerprint density at radius 1 is 1.29 bits per heavy atom. The second-order valence-electron chi connectivity index (χ2n) is 5.08. The number of carbonyl (C=O) groups is 1. The van der Waals surface area contributed by atoms with Crippen molar-refractivity contribution in [2.24, 2.45) is 0 Å². The van der Waals surface area contributed by atoms with Crippen molar-refractivity contribution in [2.75, 3.05) is 18.4 Å². The molecule has 1 aromatic heterocycles. The van der Waals surface area contributed by atoms with Gasteiger partial charge in [0.15, 0.2) is 0 Å². The molecule has 0 atom stereocenters. The molecule has 0 aliphatic carbocycles. The van der Waals surface area contributed by atoms with Crippen LogP contribution in [-0.2, 0) is 0 Å². The van der Waals surface area contributed by atoms with E-state index >= 15 is 0 Å². The highest BCUT2D eigenvalue weighted by Gasteiger charge is 2.32. The number of hydrogen-bond donors (Lipinski definition) is 1. The quantitative estimate of drug-likeness (QED) is 0.942. The SMILES string of the molecule is Cc1ccccc1NC(=O)N1CC(Oc2cccnc2)C1. The normalized spacial score (nSPS) is 14.4. The Labute approximate surface area is 123 Å². The van der Waals surface area contributed by atoms with Crippen LogP contribution < -0.4 is 10.1 Å². The van der Waals surface area contributed by atoms with Crippen LogP contribution in [0.1, 0.15) is 5.56 Å². The molecule has 2 amide bonds. The Bertz CT molecular complexity index is 624. The maximum atomic E-state index is 12.1. The molecule has 0 saturated carbocycles. The van der Waals surface area contributed by atoms with E-state index in [1.807, 2.05) is 43.3 Å².